The van der Waals surface area contributed by atoms with Crippen molar-refractivity contribution in [2.24, 2.45) is 0 Å². The van der Waals surface area contributed by atoms with Crippen molar-refractivity contribution in [2.75, 3.05) is 71.4 Å². The van der Waals surface area contributed by atoms with Gasteiger partial charge in [0.2, 0.25) is 5.88 Å². The van der Waals surface area contributed by atoms with Gasteiger partial charge < -0.3 is 19.1 Å². The fraction of sp³-hybridized carbons (Fsp3) is 0.441. The van der Waals surface area contributed by atoms with E-state index in [4.69, 9.17) is 25.8 Å². The number of carbonyl (C=O) groups excluding carboxylic acids is 2. The molecule has 1 atom stereocenters. The van der Waals surface area contributed by atoms with E-state index < -0.39 is 43.0 Å². The summed E-state index contributed by atoms with van der Waals surface area (Å²) in [5, 5.41) is 1.30. The van der Waals surface area contributed by atoms with Gasteiger partial charge in [0.05, 0.1) is 31.5 Å². The molecule has 0 spiro atoms. The van der Waals surface area contributed by atoms with Gasteiger partial charge in [0.25, 0.3) is 21.8 Å². The lowest BCUT2D eigenvalue weighted by molar-refractivity contribution is -0.137. The molecule has 0 aliphatic carbocycles. The van der Waals surface area contributed by atoms with Crippen molar-refractivity contribution in [3.05, 3.63) is 70.6 Å². The van der Waals surface area contributed by atoms with Crippen LogP contribution in [0.2, 0.25) is 5.02 Å². The fourth-order valence-corrected chi connectivity index (χ4v) is 8.79. The van der Waals surface area contributed by atoms with E-state index in [9.17, 15) is 13.2 Å². The summed E-state index contributed by atoms with van der Waals surface area (Å²) in [6.45, 7) is 6.13. The number of halogens is 2. The van der Waals surface area contributed by atoms with Crippen LogP contribution in [-0.2, 0) is 25.0 Å². The monoisotopic (exact) mass is 730 g/mol. The molecule has 3 aliphatic rings. The molecule has 2 fully saturated rings. The maximum absolute atomic E-state index is 15.3. The first kappa shape index (κ1) is 35.8. The third kappa shape index (κ3) is 6.15. The number of likely N-dealkylation sites (tertiary alicyclic amines) is 1. The second-order valence-corrected chi connectivity index (χ2v) is 14.6. The number of amides is 2. The van der Waals surface area contributed by atoms with Gasteiger partial charge in [-0.1, -0.05) is 17.7 Å². The Morgan fingerprint density at radius 1 is 1.04 bits per heavy atom. The molecule has 0 radical (unpaired) electrons. The highest BCUT2D eigenvalue weighted by atomic mass is 35.5. The molecule has 3 aromatic rings. The Labute approximate surface area is 295 Å². The summed E-state index contributed by atoms with van der Waals surface area (Å²) in [7, 11) is -0.0818. The van der Waals surface area contributed by atoms with E-state index in [-0.39, 0.29) is 35.1 Å². The number of pyridine rings is 1. The second-order valence-electron chi connectivity index (χ2n) is 12.4. The van der Waals surface area contributed by atoms with Crippen molar-refractivity contribution in [2.45, 2.75) is 36.1 Å². The number of aromatic nitrogens is 1. The summed E-state index contributed by atoms with van der Waals surface area (Å²) in [6, 6.07) is 9.32. The molecule has 2 aromatic carbocycles. The van der Waals surface area contributed by atoms with Gasteiger partial charge >= 0.3 is 0 Å². The predicted octanol–water partition coefficient (Wildman–Crippen LogP) is 3.05. The molecule has 1 N–H and O–H groups in total. The summed E-state index contributed by atoms with van der Waals surface area (Å²) in [5.41, 5.74) is -0.0701. The van der Waals surface area contributed by atoms with Crippen LogP contribution >= 0.6 is 11.6 Å². The van der Waals surface area contributed by atoms with E-state index in [0.717, 1.165) is 38.1 Å². The number of piperidine rings is 1. The average molecular weight is 731 g/mol. The normalized spacial score (nSPS) is 20.8. The molecule has 4 heterocycles. The summed E-state index contributed by atoms with van der Waals surface area (Å²) in [4.78, 5) is 38.7. The van der Waals surface area contributed by atoms with Gasteiger partial charge in [-0.25, -0.2) is 27.1 Å². The quantitative estimate of drug-likeness (QED) is 0.309. The number of rotatable bonds is 10. The molecule has 50 heavy (non-hydrogen) atoms. The van der Waals surface area contributed by atoms with Gasteiger partial charge in [0.1, 0.15) is 22.2 Å². The topological polar surface area (TPSA) is 134 Å². The van der Waals surface area contributed by atoms with Gasteiger partial charge in [-0.2, -0.15) is 0 Å². The first-order valence-electron chi connectivity index (χ1n) is 16.4. The molecule has 1 aromatic heterocycles. The molecule has 3 aliphatic heterocycles. The first-order chi connectivity index (χ1) is 24.0. The molecule has 16 heteroatoms. The standard InChI is InChI=1S/C34H40ClFN6O7S/c1-5-49-31-24(7-6-12-37-31)34(32(43)38-41-17-15-40(16-18-41)22-10-13-39(2)14-11-22)25-20-26(35)27(36)21-28(25)42(33(34)44)50(45,46)30-9-8-23(47-3)19-29(30)48-4/h6-9,12,19-22H,5,10-11,13-18H2,1-4H3,(H,38,43). The maximum atomic E-state index is 15.3. The largest absolute Gasteiger partial charge is 0.497 e. The van der Waals surface area contributed by atoms with Gasteiger partial charge in [-0.05, 0) is 64.2 Å². The number of anilines is 1. The molecule has 6 rings (SSSR count). The Morgan fingerprint density at radius 2 is 1.76 bits per heavy atom. The van der Waals surface area contributed by atoms with E-state index in [2.05, 4.69) is 27.3 Å². The van der Waals surface area contributed by atoms with Crippen LogP contribution in [0, 0.1) is 5.82 Å². The Balaban J connectivity index is 1.46. The molecule has 1 unspecified atom stereocenters. The van der Waals surface area contributed by atoms with Crippen LogP contribution in [-0.4, -0.2) is 113 Å². The number of piperazine rings is 1. The van der Waals surface area contributed by atoms with Gasteiger partial charge in [0.15, 0.2) is 5.41 Å². The molecule has 0 saturated carbocycles. The molecular weight excluding hydrogens is 691 g/mol. The number of carbonyl (C=O) groups is 2. The van der Waals surface area contributed by atoms with Gasteiger partial charge in [0, 0.05) is 61.7 Å². The van der Waals surface area contributed by atoms with Crippen molar-refractivity contribution >= 4 is 39.1 Å². The maximum Gasteiger partial charge on any atom is 0.274 e. The molecule has 13 nitrogen and oxygen atoms in total. The van der Waals surface area contributed by atoms with Crippen molar-refractivity contribution in [3.63, 3.8) is 0 Å². The zero-order valence-electron chi connectivity index (χ0n) is 28.3. The lowest BCUT2D eigenvalue weighted by atomic mass is 9.74. The molecule has 0 bridgehead atoms. The number of sulfonamides is 1. The van der Waals surface area contributed by atoms with Crippen LogP contribution < -0.4 is 23.9 Å². The van der Waals surface area contributed by atoms with Crippen molar-refractivity contribution in [1.82, 2.24) is 25.2 Å². The van der Waals surface area contributed by atoms with Crippen molar-refractivity contribution in [1.29, 1.82) is 0 Å². The zero-order valence-corrected chi connectivity index (χ0v) is 29.9. The van der Waals surface area contributed by atoms with E-state index in [0.29, 0.717) is 42.3 Å². The third-order valence-corrected chi connectivity index (χ3v) is 11.7. The Bertz CT molecular complexity index is 1890. The molecule has 268 valence electrons. The lowest BCUT2D eigenvalue weighted by Gasteiger charge is -2.42. The number of hydrogen-bond donors (Lipinski definition) is 1. The van der Waals surface area contributed by atoms with Crippen LogP contribution in [0.1, 0.15) is 30.9 Å². The second kappa shape index (κ2) is 14.3. The van der Waals surface area contributed by atoms with Crippen LogP contribution in [0.15, 0.2) is 53.6 Å². The minimum Gasteiger partial charge on any atom is -0.497 e. The minimum absolute atomic E-state index is 0.0300. The number of methoxy groups -OCH3 is 2. The van der Waals surface area contributed by atoms with E-state index in [1.807, 2.05) is 0 Å². The smallest absolute Gasteiger partial charge is 0.274 e. The fourth-order valence-electron chi connectivity index (χ4n) is 7.02. The highest BCUT2D eigenvalue weighted by Gasteiger charge is 2.63. The zero-order chi connectivity index (χ0) is 35.8. The summed E-state index contributed by atoms with van der Waals surface area (Å²) in [5.74, 6) is -2.95. The molecule has 2 saturated heterocycles. The number of hydrazine groups is 1. The van der Waals surface area contributed by atoms with Crippen LogP contribution in [0.25, 0.3) is 0 Å². The summed E-state index contributed by atoms with van der Waals surface area (Å²) >= 11 is 6.33. The number of benzene rings is 2. The van der Waals surface area contributed by atoms with Gasteiger partial charge in [-0.15, -0.1) is 0 Å². The lowest BCUT2D eigenvalue weighted by Crippen LogP contribution is -2.61. The molecule has 2 amide bonds. The van der Waals surface area contributed by atoms with Crippen molar-refractivity contribution < 1.29 is 36.6 Å². The minimum atomic E-state index is -4.86. The van der Waals surface area contributed by atoms with E-state index in [1.54, 1.807) is 11.9 Å². The van der Waals surface area contributed by atoms with E-state index >= 15 is 9.18 Å². The van der Waals surface area contributed by atoms with Gasteiger partial charge in [-0.3, -0.25) is 19.9 Å². The Hall–Kier alpha value is -4.02. The predicted molar refractivity (Wildman–Crippen MR) is 184 cm³/mol. The van der Waals surface area contributed by atoms with E-state index in [1.165, 1.54) is 50.7 Å². The number of hydrogen-bond acceptors (Lipinski definition) is 11. The SMILES string of the molecule is CCOc1ncccc1C1(C(=O)NN2CCN(C3CCN(C)CC3)CC2)C(=O)N(S(=O)(=O)c2ccc(OC)cc2OC)c2cc(F)c(Cl)cc21. The van der Waals surface area contributed by atoms with Crippen LogP contribution in [0.3, 0.4) is 0 Å². The number of ether oxygens (including phenoxy) is 3. The molecular formula is C34H40ClFN6O7S. The Kier molecular flexibility index (Phi) is 10.2. The number of nitrogens with one attached hydrogen (secondary N) is 1. The highest BCUT2D eigenvalue weighted by molar-refractivity contribution is 7.93. The highest BCUT2D eigenvalue weighted by Crippen LogP contribution is 2.52. The average Bonchev–Trinajstić information content (AvgIpc) is 3.37. The van der Waals surface area contributed by atoms with Crippen molar-refractivity contribution in [3.8, 4) is 17.4 Å². The summed E-state index contributed by atoms with van der Waals surface area (Å²) in [6.07, 6.45) is 3.54. The third-order valence-electron chi connectivity index (χ3n) is 9.63. The first-order valence-corrected chi connectivity index (χ1v) is 18.2. The number of fused-ring (bicyclic) bond motifs is 1. The van der Waals surface area contributed by atoms with Crippen LogP contribution in [0.4, 0.5) is 10.1 Å². The summed E-state index contributed by atoms with van der Waals surface area (Å²) < 4.78 is 61.3. The Morgan fingerprint density at radius 3 is 2.42 bits per heavy atom. The van der Waals surface area contributed by atoms with Crippen LogP contribution in [0.5, 0.6) is 17.4 Å². The number of nitrogens with zero attached hydrogens (tertiary/aromatic N) is 5.